The summed E-state index contributed by atoms with van der Waals surface area (Å²) in [5, 5.41) is 2.75. The predicted octanol–water partition coefficient (Wildman–Crippen LogP) is 2.15. The molecule has 0 aromatic heterocycles. The lowest BCUT2D eigenvalue weighted by Crippen LogP contribution is -2.47. The standard InChI is InChI=1S/C22H22N2O6/c1-15-5-4-6-16(13-15)28-11-12-30-19(25)14-24-20(26)22(23-21(24)27)9-10-29-18-8-3-2-7-17(18)22/h2-8,13H,9-12,14H2,1H3,(H,23,27)/t22-/m0/s1. The van der Waals surface area contributed by atoms with Crippen molar-refractivity contribution in [2.45, 2.75) is 18.9 Å². The molecule has 3 amide bonds. The fourth-order valence-electron chi connectivity index (χ4n) is 3.71. The summed E-state index contributed by atoms with van der Waals surface area (Å²) >= 11 is 0. The van der Waals surface area contributed by atoms with Crippen LogP contribution < -0.4 is 14.8 Å². The molecule has 1 N–H and O–H groups in total. The van der Waals surface area contributed by atoms with E-state index in [4.69, 9.17) is 14.2 Å². The number of benzene rings is 2. The molecular weight excluding hydrogens is 388 g/mol. The molecule has 0 bridgehead atoms. The zero-order valence-corrected chi connectivity index (χ0v) is 16.6. The third kappa shape index (κ3) is 3.68. The van der Waals surface area contributed by atoms with E-state index in [9.17, 15) is 14.4 Å². The van der Waals surface area contributed by atoms with Gasteiger partial charge in [-0.1, -0.05) is 30.3 Å². The molecule has 4 rings (SSSR count). The number of hydrogen-bond acceptors (Lipinski definition) is 6. The lowest BCUT2D eigenvalue weighted by atomic mass is 9.84. The number of carbonyl (C=O) groups is 3. The minimum absolute atomic E-state index is 0.0121. The highest BCUT2D eigenvalue weighted by Gasteiger charge is 2.55. The molecule has 30 heavy (non-hydrogen) atoms. The lowest BCUT2D eigenvalue weighted by molar-refractivity contribution is -0.148. The molecule has 0 saturated carbocycles. The summed E-state index contributed by atoms with van der Waals surface area (Å²) in [6, 6.07) is 14.0. The summed E-state index contributed by atoms with van der Waals surface area (Å²) in [5.74, 6) is 0.0790. The van der Waals surface area contributed by atoms with Crippen molar-refractivity contribution in [3.05, 3.63) is 59.7 Å². The van der Waals surface area contributed by atoms with Gasteiger partial charge in [0, 0.05) is 12.0 Å². The monoisotopic (exact) mass is 410 g/mol. The van der Waals surface area contributed by atoms with E-state index in [0.717, 1.165) is 10.5 Å². The molecule has 1 atom stereocenters. The van der Waals surface area contributed by atoms with Crippen molar-refractivity contribution in [2.75, 3.05) is 26.4 Å². The first kappa shape index (κ1) is 19.8. The Morgan fingerprint density at radius 1 is 1.17 bits per heavy atom. The Morgan fingerprint density at radius 2 is 2.00 bits per heavy atom. The van der Waals surface area contributed by atoms with Gasteiger partial charge in [-0.25, -0.2) is 4.79 Å². The highest BCUT2D eigenvalue weighted by molar-refractivity contribution is 6.09. The molecule has 8 heteroatoms. The van der Waals surface area contributed by atoms with Crippen LogP contribution in [-0.4, -0.2) is 49.2 Å². The highest BCUT2D eigenvalue weighted by Crippen LogP contribution is 2.40. The molecule has 2 aromatic rings. The van der Waals surface area contributed by atoms with Gasteiger partial charge in [-0.15, -0.1) is 0 Å². The second-order valence-corrected chi connectivity index (χ2v) is 7.21. The van der Waals surface area contributed by atoms with Gasteiger partial charge in [0.25, 0.3) is 5.91 Å². The predicted molar refractivity (Wildman–Crippen MR) is 106 cm³/mol. The van der Waals surface area contributed by atoms with Crippen LogP contribution in [-0.2, 0) is 19.9 Å². The van der Waals surface area contributed by atoms with Gasteiger partial charge in [-0.2, -0.15) is 0 Å². The van der Waals surface area contributed by atoms with Crippen LogP contribution in [0.3, 0.4) is 0 Å². The SMILES string of the molecule is Cc1cccc(OCCOC(=O)CN2C(=O)N[C@]3(CCOc4ccccc43)C2=O)c1. The van der Waals surface area contributed by atoms with E-state index in [-0.39, 0.29) is 19.8 Å². The summed E-state index contributed by atoms with van der Waals surface area (Å²) in [5.41, 5.74) is 0.448. The summed E-state index contributed by atoms with van der Waals surface area (Å²) in [4.78, 5) is 38.7. The zero-order valence-electron chi connectivity index (χ0n) is 16.6. The van der Waals surface area contributed by atoms with E-state index in [2.05, 4.69) is 5.32 Å². The number of ether oxygens (including phenoxy) is 3. The van der Waals surface area contributed by atoms with E-state index in [1.807, 2.05) is 31.2 Å². The van der Waals surface area contributed by atoms with Crippen molar-refractivity contribution >= 4 is 17.9 Å². The van der Waals surface area contributed by atoms with Crippen molar-refractivity contribution in [3.8, 4) is 11.5 Å². The van der Waals surface area contributed by atoms with Gasteiger partial charge in [-0.05, 0) is 30.7 Å². The lowest BCUT2D eigenvalue weighted by Gasteiger charge is -2.33. The first-order valence-electron chi connectivity index (χ1n) is 9.71. The maximum atomic E-state index is 13.1. The number of rotatable bonds is 6. The van der Waals surface area contributed by atoms with Crippen LogP contribution in [0.2, 0.25) is 0 Å². The van der Waals surface area contributed by atoms with Gasteiger partial charge in [0.05, 0.1) is 6.61 Å². The number of urea groups is 1. The van der Waals surface area contributed by atoms with E-state index in [1.54, 1.807) is 24.3 Å². The Labute approximate surface area is 173 Å². The van der Waals surface area contributed by atoms with Gasteiger partial charge in [-0.3, -0.25) is 14.5 Å². The number of nitrogens with one attached hydrogen (secondary N) is 1. The topological polar surface area (TPSA) is 94.2 Å². The minimum atomic E-state index is -1.21. The van der Waals surface area contributed by atoms with Crippen LogP contribution in [0.5, 0.6) is 11.5 Å². The van der Waals surface area contributed by atoms with Gasteiger partial charge >= 0.3 is 12.0 Å². The smallest absolute Gasteiger partial charge is 0.326 e. The van der Waals surface area contributed by atoms with Crippen molar-refractivity contribution in [1.82, 2.24) is 10.2 Å². The molecule has 0 aliphatic carbocycles. The highest BCUT2D eigenvalue weighted by atomic mass is 16.6. The molecule has 8 nitrogen and oxygen atoms in total. The molecule has 1 saturated heterocycles. The van der Waals surface area contributed by atoms with Crippen molar-refractivity contribution in [1.29, 1.82) is 0 Å². The Kier molecular flexibility index (Phi) is 5.31. The third-order valence-electron chi connectivity index (χ3n) is 5.15. The number of para-hydroxylation sites is 1. The van der Waals surface area contributed by atoms with Crippen LogP contribution in [0, 0.1) is 6.92 Å². The molecule has 1 spiro atoms. The normalized spacial score (nSPS) is 19.8. The summed E-state index contributed by atoms with van der Waals surface area (Å²) < 4.78 is 16.3. The number of imide groups is 1. The number of amides is 3. The fraction of sp³-hybridized carbons (Fsp3) is 0.318. The summed E-state index contributed by atoms with van der Waals surface area (Å²) in [6.45, 7) is 1.97. The Morgan fingerprint density at radius 3 is 2.83 bits per heavy atom. The number of esters is 1. The van der Waals surface area contributed by atoms with E-state index in [1.165, 1.54) is 0 Å². The molecule has 1 fully saturated rings. The van der Waals surface area contributed by atoms with Gasteiger partial charge in [0.15, 0.2) is 5.54 Å². The minimum Gasteiger partial charge on any atom is -0.493 e. The van der Waals surface area contributed by atoms with E-state index < -0.39 is 30.0 Å². The van der Waals surface area contributed by atoms with Crippen LogP contribution in [0.25, 0.3) is 0 Å². The van der Waals surface area contributed by atoms with Crippen LogP contribution in [0.4, 0.5) is 4.79 Å². The second-order valence-electron chi connectivity index (χ2n) is 7.21. The van der Waals surface area contributed by atoms with Crippen molar-refractivity contribution in [2.24, 2.45) is 0 Å². The Hall–Kier alpha value is -3.55. The number of aryl methyl sites for hydroxylation is 1. The third-order valence-corrected chi connectivity index (χ3v) is 5.15. The molecule has 0 unspecified atom stereocenters. The molecule has 2 aromatic carbocycles. The Balaban J connectivity index is 1.34. The number of fused-ring (bicyclic) bond motifs is 2. The number of hydrogen-bond donors (Lipinski definition) is 1. The van der Waals surface area contributed by atoms with Gasteiger partial charge < -0.3 is 19.5 Å². The summed E-state index contributed by atoms with van der Waals surface area (Å²) in [6.07, 6.45) is 0.296. The summed E-state index contributed by atoms with van der Waals surface area (Å²) in [7, 11) is 0. The maximum Gasteiger partial charge on any atom is 0.326 e. The van der Waals surface area contributed by atoms with Gasteiger partial charge in [0.1, 0.15) is 31.3 Å². The van der Waals surface area contributed by atoms with Crippen molar-refractivity contribution in [3.63, 3.8) is 0 Å². The van der Waals surface area contributed by atoms with Crippen molar-refractivity contribution < 1.29 is 28.6 Å². The zero-order chi connectivity index (χ0) is 21.1. The molecule has 2 heterocycles. The molecule has 2 aliphatic rings. The van der Waals surface area contributed by atoms with E-state index in [0.29, 0.717) is 23.5 Å². The first-order chi connectivity index (χ1) is 14.5. The molecule has 156 valence electrons. The average molecular weight is 410 g/mol. The first-order valence-corrected chi connectivity index (χ1v) is 9.71. The largest absolute Gasteiger partial charge is 0.493 e. The molecule has 0 radical (unpaired) electrons. The van der Waals surface area contributed by atoms with Crippen LogP contribution in [0.1, 0.15) is 17.5 Å². The van der Waals surface area contributed by atoms with E-state index >= 15 is 0 Å². The molecule has 2 aliphatic heterocycles. The number of carbonyl (C=O) groups excluding carboxylic acids is 3. The quantitative estimate of drug-likeness (QED) is 0.446. The number of nitrogens with zero attached hydrogens (tertiary/aromatic N) is 1. The maximum absolute atomic E-state index is 13.1. The Bertz CT molecular complexity index is 991. The second kappa shape index (κ2) is 8.06. The van der Waals surface area contributed by atoms with Crippen LogP contribution >= 0.6 is 0 Å². The average Bonchev–Trinajstić information content (AvgIpc) is 2.96. The fourth-order valence-corrected chi connectivity index (χ4v) is 3.71. The van der Waals surface area contributed by atoms with Gasteiger partial charge in [0.2, 0.25) is 0 Å². The molecular formula is C22H22N2O6. The van der Waals surface area contributed by atoms with Crippen LogP contribution in [0.15, 0.2) is 48.5 Å².